The molecule has 1 rings (SSSR count). The topological polar surface area (TPSA) is 49.9 Å². The fraction of sp³-hybridized carbons (Fsp3) is 0.882. The standard InChI is InChI=1S/C17H32N2O3/c1-4-18(5-2)13-14-19(12-11-16(20)22-3)17(21)15-9-7-6-8-10-15/h15H,4-14H2,1-3H3. The van der Waals surface area contributed by atoms with E-state index in [1.54, 1.807) is 0 Å². The first-order chi connectivity index (χ1) is 10.6. The molecule has 0 aromatic heterocycles. The molecule has 0 radical (unpaired) electrons. The summed E-state index contributed by atoms with van der Waals surface area (Å²) in [7, 11) is 1.39. The van der Waals surface area contributed by atoms with Crippen LogP contribution in [-0.2, 0) is 14.3 Å². The van der Waals surface area contributed by atoms with E-state index in [0.29, 0.717) is 13.1 Å². The Balaban J connectivity index is 2.58. The van der Waals surface area contributed by atoms with E-state index in [9.17, 15) is 9.59 Å². The number of ether oxygens (including phenoxy) is 1. The lowest BCUT2D eigenvalue weighted by molar-refractivity contribution is -0.142. The van der Waals surface area contributed by atoms with Gasteiger partial charge < -0.3 is 14.5 Å². The van der Waals surface area contributed by atoms with Crippen molar-refractivity contribution < 1.29 is 14.3 Å². The average Bonchev–Trinajstić information content (AvgIpc) is 2.58. The Morgan fingerprint density at radius 3 is 2.18 bits per heavy atom. The molecule has 0 heterocycles. The van der Waals surface area contributed by atoms with Crippen LogP contribution in [0.4, 0.5) is 0 Å². The van der Waals surface area contributed by atoms with Crippen molar-refractivity contribution in [3.8, 4) is 0 Å². The van der Waals surface area contributed by atoms with E-state index in [0.717, 1.165) is 45.3 Å². The number of amides is 1. The number of carbonyl (C=O) groups is 2. The fourth-order valence-corrected chi connectivity index (χ4v) is 3.07. The van der Waals surface area contributed by atoms with Crippen molar-refractivity contribution in [3.05, 3.63) is 0 Å². The van der Waals surface area contributed by atoms with Crippen LogP contribution in [0.1, 0.15) is 52.4 Å². The van der Waals surface area contributed by atoms with Gasteiger partial charge in [0.25, 0.3) is 0 Å². The van der Waals surface area contributed by atoms with E-state index < -0.39 is 0 Å². The van der Waals surface area contributed by atoms with Gasteiger partial charge in [-0.2, -0.15) is 0 Å². The minimum absolute atomic E-state index is 0.156. The van der Waals surface area contributed by atoms with Crippen molar-refractivity contribution in [2.45, 2.75) is 52.4 Å². The monoisotopic (exact) mass is 312 g/mol. The van der Waals surface area contributed by atoms with E-state index in [1.807, 2.05) is 4.90 Å². The minimum Gasteiger partial charge on any atom is -0.469 e. The predicted molar refractivity (Wildman–Crippen MR) is 87.6 cm³/mol. The zero-order valence-electron chi connectivity index (χ0n) is 14.5. The number of likely N-dealkylation sites (N-methyl/N-ethyl adjacent to an activating group) is 1. The normalized spacial score (nSPS) is 15.8. The second-order valence-corrected chi connectivity index (χ2v) is 6.01. The zero-order chi connectivity index (χ0) is 16.4. The molecule has 5 nitrogen and oxygen atoms in total. The highest BCUT2D eigenvalue weighted by Gasteiger charge is 2.26. The maximum atomic E-state index is 12.7. The van der Waals surface area contributed by atoms with Gasteiger partial charge >= 0.3 is 5.97 Å². The highest BCUT2D eigenvalue weighted by Crippen LogP contribution is 2.25. The lowest BCUT2D eigenvalue weighted by Crippen LogP contribution is -2.43. The van der Waals surface area contributed by atoms with Gasteiger partial charge in [0.1, 0.15) is 0 Å². The van der Waals surface area contributed by atoms with Crippen LogP contribution >= 0.6 is 0 Å². The molecule has 1 aliphatic carbocycles. The number of methoxy groups -OCH3 is 1. The van der Waals surface area contributed by atoms with E-state index in [-0.39, 0.29) is 24.2 Å². The smallest absolute Gasteiger partial charge is 0.307 e. The fourth-order valence-electron chi connectivity index (χ4n) is 3.07. The molecule has 1 aliphatic rings. The molecule has 5 heteroatoms. The van der Waals surface area contributed by atoms with Crippen molar-refractivity contribution in [1.82, 2.24) is 9.80 Å². The molecule has 22 heavy (non-hydrogen) atoms. The van der Waals surface area contributed by atoms with Crippen LogP contribution in [-0.4, -0.2) is 61.5 Å². The largest absolute Gasteiger partial charge is 0.469 e. The summed E-state index contributed by atoms with van der Waals surface area (Å²) < 4.78 is 4.71. The van der Waals surface area contributed by atoms with Crippen molar-refractivity contribution in [1.29, 1.82) is 0 Å². The van der Waals surface area contributed by atoms with E-state index in [1.165, 1.54) is 13.5 Å². The van der Waals surface area contributed by atoms with Crippen molar-refractivity contribution >= 4 is 11.9 Å². The number of rotatable bonds is 9. The minimum atomic E-state index is -0.246. The van der Waals surface area contributed by atoms with Gasteiger partial charge in [-0.15, -0.1) is 0 Å². The van der Waals surface area contributed by atoms with E-state index in [4.69, 9.17) is 4.74 Å². The highest BCUT2D eigenvalue weighted by atomic mass is 16.5. The van der Waals surface area contributed by atoms with Gasteiger partial charge in [0.2, 0.25) is 5.91 Å². The Morgan fingerprint density at radius 2 is 1.64 bits per heavy atom. The summed E-state index contributed by atoms with van der Waals surface area (Å²) in [6.07, 6.45) is 5.82. The Morgan fingerprint density at radius 1 is 1.00 bits per heavy atom. The van der Waals surface area contributed by atoms with Gasteiger partial charge in [-0.05, 0) is 25.9 Å². The summed E-state index contributed by atoms with van der Waals surface area (Å²) >= 11 is 0. The number of hydrogen-bond acceptors (Lipinski definition) is 4. The summed E-state index contributed by atoms with van der Waals surface area (Å²) in [6.45, 7) is 8.28. The molecule has 0 bridgehead atoms. The average molecular weight is 312 g/mol. The highest BCUT2D eigenvalue weighted by molar-refractivity contribution is 5.79. The van der Waals surface area contributed by atoms with Crippen molar-refractivity contribution in [2.24, 2.45) is 5.92 Å². The van der Waals surface area contributed by atoms with Crippen LogP contribution < -0.4 is 0 Å². The number of nitrogens with zero attached hydrogens (tertiary/aromatic N) is 2. The first-order valence-corrected chi connectivity index (χ1v) is 8.70. The molecule has 0 aromatic carbocycles. The van der Waals surface area contributed by atoms with Crippen LogP contribution in [0.15, 0.2) is 0 Å². The number of hydrogen-bond donors (Lipinski definition) is 0. The lowest BCUT2D eigenvalue weighted by atomic mass is 9.88. The first kappa shape index (κ1) is 18.9. The Bertz CT molecular complexity index is 337. The molecule has 0 aromatic rings. The Kier molecular flexibility index (Phi) is 9.13. The summed E-state index contributed by atoms with van der Waals surface area (Å²) in [5.41, 5.74) is 0. The summed E-state index contributed by atoms with van der Waals surface area (Å²) in [4.78, 5) is 28.3. The van der Waals surface area contributed by atoms with Gasteiger partial charge in [-0.3, -0.25) is 9.59 Å². The molecule has 0 aliphatic heterocycles. The second-order valence-electron chi connectivity index (χ2n) is 6.01. The van der Waals surface area contributed by atoms with Crippen LogP contribution in [0.25, 0.3) is 0 Å². The molecular weight excluding hydrogens is 280 g/mol. The third kappa shape index (κ3) is 6.34. The molecule has 0 unspecified atom stereocenters. The molecule has 128 valence electrons. The molecule has 1 saturated carbocycles. The van der Waals surface area contributed by atoms with Crippen LogP contribution in [0, 0.1) is 5.92 Å². The molecule has 0 saturated heterocycles. The summed E-state index contributed by atoms with van der Waals surface area (Å²) in [5.74, 6) is 0.142. The first-order valence-electron chi connectivity index (χ1n) is 8.70. The van der Waals surface area contributed by atoms with E-state index >= 15 is 0 Å². The van der Waals surface area contributed by atoms with Gasteiger partial charge in [-0.1, -0.05) is 33.1 Å². The quantitative estimate of drug-likeness (QED) is 0.613. The number of esters is 1. The summed E-state index contributed by atoms with van der Waals surface area (Å²) in [6, 6.07) is 0. The lowest BCUT2D eigenvalue weighted by Gasteiger charge is -2.31. The SMILES string of the molecule is CCN(CC)CCN(CCC(=O)OC)C(=O)C1CCCCC1. The zero-order valence-corrected chi connectivity index (χ0v) is 14.5. The van der Waals surface area contributed by atoms with Gasteiger partial charge in [0, 0.05) is 25.6 Å². The molecule has 1 amide bonds. The van der Waals surface area contributed by atoms with Crippen molar-refractivity contribution in [2.75, 3.05) is 39.8 Å². The van der Waals surface area contributed by atoms with Gasteiger partial charge in [0.15, 0.2) is 0 Å². The van der Waals surface area contributed by atoms with Gasteiger partial charge in [-0.25, -0.2) is 0 Å². The molecule has 0 spiro atoms. The number of carbonyl (C=O) groups excluding carboxylic acids is 2. The third-order valence-electron chi connectivity index (χ3n) is 4.66. The molecule has 0 atom stereocenters. The maximum Gasteiger partial charge on any atom is 0.307 e. The maximum absolute atomic E-state index is 12.7. The Hall–Kier alpha value is -1.10. The third-order valence-corrected chi connectivity index (χ3v) is 4.66. The molecule has 0 N–H and O–H groups in total. The Labute approximate surface area is 135 Å². The van der Waals surface area contributed by atoms with E-state index in [2.05, 4.69) is 18.7 Å². The van der Waals surface area contributed by atoms with Crippen molar-refractivity contribution in [3.63, 3.8) is 0 Å². The van der Waals surface area contributed by atoms with Crippen LogP contribution in [0.2, 0.25) is 0 Å². The predicted octanol–water partition coefficient (Wildman–Crippen LogP) is 2.30. The van der Waals surface area contributed by atoms with Crippen LogP contribution in [0.5, 0.6) is 0 Å². The molecular formula is C17H32N2O3. The van der Waals surface area contributed by atoms with Gasteiger partial charge in [0.05, 0.1) is 13.5 Å². The van der Waals surface area contributed by atoms with Crippen LogP contribution in [0.3, 0.4) is 0 Å². The molecule has 1 fully saturated rings. The summed E-state index contributed by atoms with van der Waals surface area (Å²) in [5, 5.41) is 0. The second kappa shape index (κ2) is 10.6.